The summed E-state index contributed by atoms with van der Waals surface area (Å²) < 4.78 is 10.5. The topological polar surface area (TPSA) is 73.3 Å². The third-order valence-electron chi connectivity index (χ3n) is 3.39. The lowest BCUT2D eigenvalue weighted by Crippen LogP contribution is -2.14. The van der Waals surface area contributed by atoms with Crippen molar-refractivity contribution in [3.05, 3.63) is 54.5 Å². The maximum absolute atomic E-state index is 12.5. The van der Waals surface area contributed by atoms with Crippen LogP contribution in [-0.4, -0.2) is 22.7 Å². The fourth-order valence-corrected chi connectivity index (χ4v) is 2.35. The largest absolute Gasteiger partial charge is 0.454 e. The van der Waals surface area contributed by atoms with Crippen molar-refractivity contribution in [2.24, 2.45) is 0 Å². The SMILES string of the molecule is O=C(Nc1ccc2c(c1)OCO2)c1ncnc2ccccc12. The number of nitrogens with zero attached hydrogens (tertiary/aromatic N) is 2. The van der Waals surface area contributed by atoms with E-state index in [2.05, 4.69) is 15.3 Å². The van der Waals surface area contributed by atoms with Gasteiger partial charge >= 0.3 is 0 Å². The Bertz CT molecular complexity index is 874. The fraction of sp³-hybridized carbons (Fsp3) is 0.0625. The molecule has 0 saturated heterocycles. The van der Waals surface area contributed by atoms with Gasteiger partial charge in [0.1, 0.15) is 12.0 Å². The average molecular weight is 293 g/mol. The molecule has 0 atom stereocenters. The molecule has 1 aliphatic heterocycles. The lowest BCUT2D eigenvalue weighted by atomic mass is 10.1. The van der Waals surface area contributed by atoms with Gasteiger partial charge in [0, 0.05) is 17.1 Å². The van der Waals surface area contributed by atoms with Gasteiger partial charge in [0.2, 0.25) is 6.79 Å². The van der Waals surface area contributed by atoms with Crippen LogP contribution in [0.2, 0.25) is 0 Å². The molecule has 1 N–H and O–H groups in total. The minimum atomic E-state index is -0.294. The van der Waals surface area contributed by atoms with Crippen LogP contribution in [-0.2, 0) is 0 Å². The summed E-state index contributed by atoms with van der Waals surface area (Å²) in [6.07, 6.45) is 1.39. The second-order valence-corrected chi connectivity index (χ2v) is 4.76. The first-order valence-electron chi connectivity index (χ1n) is 6.72. The maximum Gasteiger partial charge on any atom is 0.275 e. The van der Waals surface area contributed by atoms with E-state index < -0.39 is 0 Å². The van der Waals surface area contributed by atoms with Gasteiger partial charge in [-0.15, -0.1) is 0 Å². The van der Waals surface area contributed by atoms with Crippen LogP contribution in [0.1, 0.15) is 10.5 Å². The Morgan fingerprint density at radius 1 is 1.05 bits per heavy atom. The summed E-state index contributed by atoms with van der Waals surface area (Å²) in [4.78, 5) is 20.7. The third kappa shape index (κ3) is 2.10. The molecule has 0 unspecified atom stereocenters. The zero-order valence-corrected chi connectivity index (χ0v) is 11.4. The lowest BCUT2D eigenvalue weighted by Gasteiger charge is -2.07. The van der Waals surface area contributed by atoms with E-state index in [9.17, 15) is 4.79 Å². The Hall–Kier alpha value is -3.15. The maximum atomic E-state index is 12.5. The van der Waals surface area contributed by atoms with Crippen molar-refractivity contribution >= 4 is 22.5 Å². The molecule has 4 rings (SSSR count). The number of hydrogen-bond acceptors (Lipinski definition) is 5. The van der Waals surface area contributed by atoms with Crippen LogP contribution in [0.4, 0.5) is 5.69 Å². The number of rotatable bonds is 2. The van der Waals surface area contributed by atoms with Crippen LogP contribution in [0.15, 0.2) is 48.8 Å². The van der Waals surface area contributed by atoms with Gasteiger partial charge in [-0.3, -0.25) is 4.79 Å². The minimum Gasteiger partial charge on any atom is -0.454 e. The molecule has 0 radical (unpaired) electrons. The quantitative estimate of drug-likeness (QED) is 0.786. The Balaban J connectivity index is 1.66. The van der Waals surface area contributed by atoms with Gasteiger partial charge in [-0.05, 0) is 18.2 Å². The zero-order valence-electron chi connectivity index (χ0n) is 11.4. The van der Waals surface area contributed by atoms with Crippen molar-refractivity contribution in [3.8, 4) is 11.5 Å². The highest BCUT2D eigenvalue weighted by Gasteiger charge is 2.16. The molecule has 6 nitrogen and oxygen atoms in total. The second-order valence-electron chi connectivity index (χ2n) is 4.76. The summed E-state index contributed by atoms with van der Waals surface area (Å²) in [5.41, 5.74) is 1.69. The van der Waals surface area contributed by atoms with Crippen molar-refractivity contribution in [2.75, 3.05) is 12.1 Å². The lowest BCUT2D eigenvalue weighted by molar-refractivity contribution is 0.102. The molecular formula is C16H11N3O3. The van der Waals surface area contributed by atoms with Gasteiger partial charge in [-0.1, -0.05) is 18.2 Å². The number of aromatic nitrogens is 2. The number of benzene rings is 2. The molecule has 1 aromatic heterocycles. The molecule has 0 spiro atoms. The predicted molar refractivity (Wildman–Crippen MR) is 80.1 cm³/mol. The van der Waals surface area contributed by atoms with E-state index in [1.165, 1.54) is 6.33 Å². The van der Waals surface area contributed by atoms with Gasteiger partial charge in [0.25, 0.3) is 5.91 Å². The van der Waals surface area contributed by atoms with Gasteiger partial charge < -0.3 is 14.8 Å². The van der Waals surface area contributed by atoms with E-state index >= 15 is 0 Å². The summed E-state index contributed by atoms with van der Waals surface area (Å²) in [5.74, 6) is 0.994. The first-order chi connectivity index (χ1) is 10.8. The first kappa shape index (κ1) is 12.6. The standard InChI is InChI=1S/C16H11N3O3/c20-16(15-11-3-1-2-4-12(11)17-8-18-15)19-10-5-6-13-14(7-10)22-9-21-13/h1-8H,9H2,(H,19,20). The molecular weight excluding hydrogens is 282 g/mol. The number of nitrogens with one attached hydrogen (secondary N) is 1. The second kappa shape index (κ2) is 5.00. The summed E-state index contributed by atoms with van der Waals surface area (Å²) in [6.45, 7) is 0.198. The van der Waals surface area contributed by atoms with Gasteiger partial charge in [0.15, 0.2) is 11.5 Å². The van der Waals surface area contributed by atoms with Gasteiger partial charge in [0.05, 0.1) is 5.52 Å². The monoisotopic (exact) mass is 293 g/mol. The van der Waals surface area contributed by atoms with Gasteiger partial charge in [-0.2, -0.15) is 0 Å². The van der Waals surface area contributed by atoms with E-state index in [0.717, 1.165) is 5.52 Å². The highest BCUT2D eigenvalue weighted by atomic mass is 16.7. The Kier molecular flexibility index (Phi) is 2.86. The van der Waals surface area contributed by atoms with Crippen molar-refractivity contribution in [3.63, 3.8) is 0 Å². The zero-order chi connectivity index (χ0) is 14.9. The van der Waals surface area contributed by atoms with Crippen LogP contribution in [0.3, 0.4) is 0 Å². The Morgan fingerprint density at radius 2 is 1.91 bits per heavy atom. The van der Waals surface area contributed by atoms with E-state index in [4.69, 9.17) is 9.47 Å². The highest BCUT2D eigenvalue weighted by molar-refractivity contribution is 6.10. The van der Waals surface area contributed by atoms with E-state index in [1.54, 1.807) is 18.2 Å². The van der Waals surface area contributed by atoms with Crippen LogP contribution >= 0.6 is 0 Å². The highest BCUT2D eigenvalue weighted by Crippen LogP contribution is 2.34. The molecule has 0 bridgehead atoms. The molecule has 1 amide bonds. The molecule has 0 aliphatic carbocycles. The first-order valence-corrected chi connectivity index (χ1v) is 6.72. The molecule has 3 aromatic rings. The molecule has 108 valence electrons. The van der Waals surface area contributed by atoms with E-state index in [-0.39, 0.29) is 12.7 Å². The van der Waals surface area contributed by atoms with Crippen molar-refractivity contribution in [2.45, 2.75) is 0 Å². The van der Waals surface area contributed by atoms with Crippen molar-refractivity contribution in [1.82, 2.24) is 9.97 Å². The number of para-hydroxylation sites is 1. The number of fused-ring (bicyclic) bond motifs is 2. The van der Waals surface area contributed by atoms with Crippen LogP contribution in [0.25, 0.3) is 10.9 Å². The smallest absolute Gasteiger partial charge is 0.275 e. The molecule has 2 aromatic carbocycles. The molecule has 22 heavy (non-hydrogen) atoms. The number of ether oxygens (including phenoxy) is 2. The van der Waals surface area contributed by atoms with E-state index in [0.29, 0.717) is 28.3 Å². The summed E-state index contributed by atoms with van der Waals surface area (Å²) in [6, 6.07) is 12.6. The molecule has 1 aliphatic rings. The third-order valence-corrected chi connectivity index (χ3v) is 3.39. The molecule has 6 heteroatoms. The summed E-state index contributed by atoms with van der Waals surface area (Å²) in [7, 11) is 0. The summed E-state index contributed by atoms with van der Waals surface area (Å²) >= 11 is 0. The van der Waals surface area contributed by atoms with Crippen LogP contribution < -0.4 is 14.8 Å². The number of carbonyl (C=O) groups is 1. The fourth-order valence-electron chi connectivity index (χ4n) is 2.35. The summed E-state index contributed by atoms with van der Waals surface area (Å²) in [5, 5.41) is 3.53. The Morgan fingerprint density at radius 3 is 2.86 bits per heavy atom. The van der Waals surface area contributed by atoms with Crippen molar-refractivity contribution < 1.29 is 14.3 Å². The molecule has 0 saturated carbocycles. The van der Waals surface area contributed by atoms with E-state index in [1.807, 2.05) is 24.3 Å². The average Bonchev–Trinajstić information content (AvgIpc) is 3.02. The molecule has 2 heterocycles. The predicted octanol–water partition coefficient (Wildman–Crippen LogP) is 2.61. The normalized spacial score (nSPS) is 12.4. The number of carbonyl (C=O) groups excluding carboxylic acids is 1. The van der Waals surface area contributed by atoms with Gasteiger partial charge in [-0.25, -0.2) is 9.97 Å². The van der Waals surface area contributed by atoms with Crippen LogP contribution in [0.5, 0.6) is 11.5 Å². The number of amides is 1. The number of hydrogen-bond donors (Lipinski definition) is 1. The number of anilines is 1. The van der Waals surface area contributed by atoms with Crippen LogP contribution in [0, 0.1) is 0 Å². The van der Waals surface area contributed by atoms with Crippen molar-refractivity contribution in [1.29, 1.82) is 0 Å². The Labute approximate surface area is 125 Å². The minimum absolute atomic E-state index is 0.198. The molecule has 0 fully saturated rings.